The fourth-order valence-corrected chi connectivity index (χ4v) is 1.74. The molecule has 1 rings (SSSR count). The Kier molecular flexibility index (Phi) is 4.70. The highest BCUT2D eigenvalue weighted by Gasteiger charge is 2.15. The van der Waals surface area contributed by atoms with Gasteiger partial charge in [-0.25, -0.2) is 0 Å². The van der Waals surface area contributed by atoms with Gasteiger partial charge in [0.15, 0.2) is 0 Å². The largest absolute Gasteiger partial charge is 0.324 e. The molecule has 0 aromatic heterocycles. The molecule has 0 unspecified atom stereocenters. The van der Waals surface area contributed by atoms with E-state index in [0.29, 0.717) is 12.3 Å². The molecule has 0 aliphatic heterocycles. The lowest BCUT2D eigenvalue weighted by Gasteiger charge is -2.18. The molecule has 0 aliphatic rings. The fraction of sp³-hybridized carbons (Fsp3) is 0.500. The molecule has 3 nitrogen and oxygen atoms in total. The molecule has 0 fully saturated rings. The number of nitrogens with two attached hydrogens (primary N) is 1. The monoisotopic (exact) mass is 234 g/mol. The average molecular weight is 234 g/mol. The topological polar surface area (TPSA) is 55.1 Å². The molecular weight excluding hydrogens is 212 g/mol. The molecule has 17 heavy (non-hydrogen) atoms. The van der Waals surface area contributed by atoms with Crippen molar-refractivity contribution in [2.75, 3.05) is 5.32 Å². The Morgan fingerprint density at radius 2 is 2.06 bits per heavy atom. The van der Waals surface area contributed by atoms with Gasteiger partial charge in [0.2, 0.25) is 5.91 Å². The zero-order valence-electron chi connectivity index (χ0n) is 11.1. The molecule has 94 valence electrons. The second-order valence-electron chi connectivity index (χ2n) is 4.70. The number of hydrogen-bond acceptors (Lipinski definition) is 2. The van der Waals surface area contributed by atoms with Crippen LogP contribution in [0.5, 0.6) is 0 Å². The zero-order valence-corrected chi connectivity index (χ0v) is 11.1. The van der Waals surface area contributed by atoms with Crippen LogP contribution < -0.4 is 11.1 Å². The van der Waals surface area contributed by atoms with Crippen LogP contribution in [0, 0.1) is 6.92 Å². The summed E-state index contributed by atoms with van der Waals surface area (Å²) in [5.74, 6) is 0.270. The predicted molar refractivity (Wildman–Crippen MR) is 72.2 cm³/mol. The number of carbonyl (C=O) groups excluding carboxylic acids is 1. The van der Waals surface area contributed by atoms with Crippen LogP contribution in [0.1, 0.15) is 44.2 Å². The summed E-state index contributed by atoms with van der Waals surface area (Å²) in [7, 11) is 0. The maximum atomic E-state index is 11.8. The second kappa shape index (κ2) is 5.82. The number of anilines is 1. The van der Waals surface area contributed by atoms with Crippen molar-refractivity contribution in [2.45, 2.75) is 46.1 Å². The number of para-hydroxylation sites is 1. The van der Waals surface area contributed by atoms with Gasteiger partial charge in [0, 0.05) is 5.69 Å². The van der Waals surface area contributed by atoms with Crippen LogP contribution in [0.3, 0.4) is 0 Å². The third kappa shape index (κ3) is 3.30. The highest BCUT2D eigenvalue weighted by molar-refractivity contribution is 5.96. The molecule has 1 atom stereocenters. The van der Waals surface area contributed by atoms with E-state index in [1.807, 2.05) is 32.0 Å². The van der Waals surface area contributed by atoms with Gasteiger partial charge in [0.25, 0.3) is 0 Å². The van der Waals surface area contributed by atoms with Gasteiger partial charge in [-0.3, -0.25) is 4.79 Å². The van der Waals surface area contributed by atoms with Crippen molar-refractivity contribution in [2.24, 2.45) is 5.73 Å². The minimum absolute atomic E-state index is 0.108. The van der Waals surface area contributed by atoms with Crippen molar-refractivity contribution in [1.82, 2.24) is 0 Å². The maximum absolute atomic E-state index is 11.8. The van der Waals surface area contributed by atoms with Crippen LogP contribution in [-0.4, -0.2) is 11.9 Å². The highest BCUT2D eigenvalue weighted by atomic mass is 16.2. The summed E-state index contributed by atoms with van der Waals surface area (Å²) in [4.78, 5) is 11.8. The van der Waals surface area contributed by atoms with E-state index in [1.165, 1.54) is 0 Å². The van der Waals surface area contributed by atoms with Crippen LogP contribution in [0.15, 0.2) is 18.2 Å². The van der Waals surface area contributed by atoms with Gasteiger partial charge in [-0.2, -0.15) is 0 Å². The Morgan fingerprint density at radius 1 is 1.41 bits per heavy atom. The van der Waals surface area contributed by atoms with Gasteiger partial charge in [-0.05, 0) is 30.4 Å². The standard InChI is InChI=1S/C14H22N2O/c1-5-12(15)14(17)16-13-10(4)7-6-8-11(13)9(2)3/h6-9,12H,5,15H2,1-4H3,(H,16,17)/t12-/m1/s1. The van der Waals surface area contributed by atoms with E-state index >= 15 is 0 Å². The first-order chi connectivity index (χ1) is 7.97. The van der Waals surface area contributed by atoms with Crippen molar-refractivity contribution in [3.8, 4) is 0 Å². The van der Waals surface area contributed by atoms with Crippen LogP contribution in [0.2, 0.25) is 0 Å². The third-order valence-electron chi connectivity index (χ3n) is 2.95. The molecule has 0 saturated carbocycles. The Morgan fingerprint density at radius 3 is 2.59 bits per heavy atom. The van der Waals surface area contributed by atoms with Gasteiger partial charge in [-0.1, -0.05) is 39.0 Å². The number of benzene rings is 1. The van der Waals surface area contributed by atoms with E-state index in [4.69, 9.17) is 5.73 Å². The molecule has 0 spiro atoms. The number of nitrogens with one attached hydrogen (secondary N) is 1. The Labute approximate surface area is 103 Å². The lowest BCUT2D eigenvalue weighted by molar-refractivity contribution is -0.117. The van der Waals surface area contributed by atoms with E-state index in [-0.39, 0.29) is 5.91 Å². The predicted octanol–water partition coefficient (Wildman–Crippen LogP) is 2.79. The molecule has 1 aromatic rings. The van der Waals surface area contributed by atoms with E-state index in [2.05, 4.69) is 19.2 Å². The van der Waals surface area contributed by atoms with Crippen LogP contribution in [-0.2, 0) is 4.79 Å². The Hall–Kier alpha value is -1.35. The number of amides is 1. The highest BCUT2D eigenvalue weighted by Crippen LogP contribution is 2.27. The number of rotatable bonds is 4. The summed E-state index contributed by atoms with van der Waals surface area (Å²) < 4.78 is 0. The van der Waals surface area contributed by atoms with Crippen molar-refractivity contribution in [1.29, 1.82) is 0 Å². The summed E-state index contributed by atoms with van der Waals surface area (Å²) in [5, 5.41) is 2.95. The average Bonchev–Trinajstić information content (AvgIpc) is 2.30. The van der Waals surface area contributed by atoms with Crippen molar-refractivity contribution >= 4 is 11.6 Å². The molecule has 0 aliphatic carbocycles. The smallest absolute Gasteiger partial charge is 0.241 e. The normalized spacial score (nSPS) is 12.6. The lowest BCUT2D eigenvalue weighted by atomic mass is 9.98. The zero-order chi connectivity index (χ0) is 13.0. The van der Waals surface area contributed by atoms with Gasteiger partial charge in [-0.15, -0.1) is 0 Å². The molecule has 0 saturated heterocycles. The maximum Gasteiger partial charge on any atom is 0.241 e. The molecule has 3 N–H and O–H groups in total. The second-order valence-corrected chi connectivity index (χ2v) is 4.70. The first-order valence-electron chi connectivity index (χ1n) is 6.13. The van der Waals surface area contributed by atoms with Crippen molar-refractivity contribution < 1.29 is 4.79 Å². The summed E-state index contributed by atoms with van der Waals surface area (Å²) in [6.07, 6.45) is 0.648. The molecule has 1 amide bonds. The van der Waals surface area contributed by atoms with Crippen LogP contribution >= 0.6 is 0 Å². The summed E-state index contributed by atoms with van der Waals surface area (Å²) >= 11 is 0. The molecule has 1 aromatic carbocycles. The number of aryl methyl sites for hydroxylation is 1. The molecule has 0 radical (unpaired) electrons. The molecule has 0 bridgehead atoms. The summed E-state index contributed by atoms with van der Waals surface area (Å²) in [6.45, 7) is 8.14. The summed E-state index contributed by atoms with van der Waals surface area (Å²) in [5.41, 5.74) is 8.87. The Bertz CT molecular complexity index is 399. The van der Waals surface area contributed by atoms with E-state index in [0.717, 1.165) is 16.8 Å². The van der Waals surface area contributed by atoms with E-state index in [1.54, 1.807) is 0 Å². The lowest BCUT2D eigenvalue weighted by Crippen LogP contribution is -2.35. The minimum atomic E-state index is -0.436. The number of carbonyl (C=O) groups is 1. The molecule has 3 heteroatoms. The quantitative estimate of drug-likeness (QED) is 0.841. The third-order valence-corrected chi connectivity index (χ3v) is 2.95. The minimum Gasteiger partial charge on any atom is -0.324 e. The van der Waals surface area contributed by atoms with Crippen LogP contribution in [0.4, 0.5) is 5.69 Å². The SMILES string of the molecule is CC[C@@H](N)C(=O)Nc1c(C)cccc1C(C)C. The van der Waals surface area contributed by atoms with Crippen LogP contribution in [0.25, 0.3) is 0 Å². The molecular formula is C14H22N2O. The van der Waals surface area contributed by atoms with Gasteiger partial charge >= 0.3 is 0 Å². The van der Waals surface area contributed by atoms with Crippen molar-refractivity contribution in [3.63, 3.8) is 0 Å². The number of hydrogen-bond donors (Lipinski definition) is 2. The van der Waals surface area contributed by atoms with Gasteiger partial charge in [0.1, 0.15) is 0 Å². The summed E-state index contributed by atoms with van der Waals surface area (Å²) in [6, 6.07) is 5.62. The Balaban J connectivity index is 3.01. The molecule has 0 heterocycles. The van der Waals surface area contributed by atoms with Crippen molar-refractivity contribution in [3.05, 3.63) is 29.3 Å². The van der Waals surface area contributed by atoms with E-state index in [9.17, 15) is 4.79 Å². The van der Waals surface area contributed by atoms with Gasteiger partial charge < -0.3 is 11.1 Å². The van der Waals surface area contributed by atoms with Gasteiger partial charge in [0.05, 0.1) is 6.04 Å². The first kappa shape index (κ1) is 13.7. The fourth-order valence-electron chi connectivity index (χ4n) is 1.74. The van der Waals surface area contributed by atoms with E-state index < -0.39 is 6.04 Å². The first-order valence-corrected chi connectivity index (χ1v) is 6.13.